The van der Waals surface area contributed by atoms with Gasteiger partial charge in [-0.15, -0.1) is 0 Å². The van der Waals surface area contributed by atoms with Crippen molar-refractivity contribution in [2.24, 2.45) is 5.73 Å². The van der Waals surface area contributed by atoms with Crippen molar-refractivity contribution in [1.82, 2.24) is 4.98 Å². The average Bonchev–Trinajstić information content (AvgIpc) is 2.41. The second kappa shape index (κ2) is 6.12. The molecule has 1 aromatic carbocycles. The third-order valence-electron chi connectivity index (χ3n) is 3.03. The Bertz CT molecular complexity index is 491. The summed E-state index contributed by atoms with van der Waals surface area (Å²) in [6.45, 7) is 2.15. The molecule has 2 aromatic rings. The van der Waals surface area contributed by atoms with E-state index in [4.69, 9.17) is 5.73 Å². The minimum atomic E-state index is 0.00424. The molecule has 0 bridgehead atoms. The molecule has 0 aliphatic rings. The molecule has 0 saturated heterocycles. The topological polar surface area (TPSA) is 38.9 Å². The molecule has 2 rings (SSSR count). The van der Waals surface area contributed by atoms with Gasteiger partial charge in [-0.3, -0.25) is 4.98 Å². The van der Waals surface area contributed by atoms with Crippen molar-refractivity contribution in [3.63, 3.8) is 0 Å². The predicted octanol–water partition coefficient (Wildman–Crippen LogP) is 3.65. The number of aryl methyl sites for hydroxylation is 1. The van der Waals surface area contributed by atoms with Gasteiger partial charge >= 0.3 is 0 Å². The first-order valence-corrected chi connectivity index (χ1v) is 6.93. The number of hydrogen-bond donors (Lipinski definition) is 1. The fourth-order valence-corrected chi connectivity index (χ4v) is 2.11. The minimum absolute atomic E-state index is 0.00424. The Kier molecular flexibility index (Phi) is 4.50. The van der Waals surface area contributed by atoms with Crippen LogP contribution in [0.15, 0.2) is 47.1 Å². The van der Waals surface area contributed by atoms with Gasteiger partial charge in [0, 0.05) is 28.8 Å². The highest BCUT2D eigenvalue weighted by molar-refractivity contribution is 9.10. The predicted molar refractivity (Wildman–Crippen MR) is 78.4 cm³/mol. The van der Waals surface area contributed by atoms with Crippen LogP contribution >= 0.6 is 15.9 Å². The molecule has 1 aromatic heterocycles. The van der Waals surface area contributed by atoms with E-state index < -0.39 is 0 Å². The van der Waals surface area contributed by atoms with Gasteiger partial charge in [-0.05, 0) is 45.6 Å². The molecular weight excluding hydrogens is 288 g/mol. The third kappa shape index (κ3) is 3.40. The fraction of sp³-hybridized carbons (Fsp3) is 0.267. The zero-order valence-electron chi connectivity index (χ0n) is 10.4. The van der Waals surface area contributed by atoms with Crippen LogP contribution in [0.3, 0.4) is 0 Å². The number of nitrogens with two attached hydrogens (primary N) is 1. The van der Waals surface area contributed by atoms with Gasteiger partial charge in [-0.1, -0.05) is 31.2 Å². The molecule has 1 unspecified atom stereocenters. The van der Waals surface area contributed by atoms with Crippen LogP contribution in [-0.2, 0) is 12.8 Å². The lowest BCUT2D eigenvalue weighted by molar-refractivity contribution is 0.706. The van der Waals surface area contributed by atoms with Crippen LogP contribution in [-0.4, -0.2) is 4.98 Å². The molecule has 0 spiro atoms. The quantitative estimate of drug-likeness (QED) is 0.936. The van der Waals surface area contributed by atoms with Gasteiger partial charge < -0.3 is 5.73 Å². The first-order valence-electron chi connectivity index (χ1n) is 6.14. The summed E-state index contributed by atoms with van der Waals surface area (Å²) in [5.41, 5.74) is 9.73. The highest BCUT2D eigenvalue weighted by Crippen LogP contribution is 2.17. The molecular formula is C15H17BrN2. The number of rotatable bonds is 4. The summed E-state index contributed by atoms with van der Waals surface area (Å²) in [6, 6.07) is 12.5. The number of halogens is 1. The van der Waals surface area contributed by atoms with E-state index >= 15 is 0 Å². The van der Waals surface area contributed by atoms with Crippen LogP contribution < -0.4 is 5.73 Å². The second-order valence-electron chi connectivity index (χ2n) is 4.37. The molecule has 94 valence electrons. The zero-order valence-corrected chi connectivity index (χ0v) is 12.0. The van der Waals surface area contributed by atoms with E-state index in [0.717, 1.165) is 28.6 Å². The van der Waals surface area contributed by atoms with Crippen LogP contribution in [0.1, 0.15) is 29.8 Å². The van der Waals surface area contributed by atoms with E-state index in [1.54, 1.807) is 0 Å². The van der Waals surface area contributed by atoms with E-state index in [1.165, 1.54) is 5.56 Å². The number of pyridine rings is 1. The Morgan fingerprint density at radius 3 is 2.44 bits per heavy atom. The van der Waals surface area contributed by atoms with Crippen molar-refractivity contribution >= 4 is 15.9 Å². The number of hydrogen-bond acceptors (Lipinski definition) is 2. The van der Waals surface area contributed by atoms with Gasteiger partial charge in [-0.2, -0.15) is 0 Å². The Morgan fingerprint density at radius 2 is 1.89 bits per heavy atom. The standard InChI is InChI=1S/C15H17BrN2/c1-2-11-3-5-12(6-4-11)15(17)9-14-8-7-13(16)10-18-14/h3-8,10,15H,2,9,17H2,1H3. The zero-order chi connectivity index (χ0) is 13.0. The summed E-state index contributed by atoms with van der Waals surface area (Å²) >= 11 is 3.38. The van der Waals surface area contributed by atoms with Crippen LogP contribution in [0.25, 0.3) is 0 Å². The number of nitrogens with zero attached hydrogens (tertiary/aromatic N) is 1. The summed E-state index contributed by atoms with van der Waals surface area (Å²) in [6.07, 6.45) is 3.63. The molecule has 0 fully saturated rings. The van der Waals surface area contributed by atoms with E-state index in [1.807, 2.05) is 18.3 Å². The monoisotopic (exact) mass is 304 g/mol. The first kappa shape index (κ1) is 13.2. The van der Waals surface area contributed by atoms with Gasteiger partial charge in [0.05, 0.1) is 0 Å². The fourth-order valence-electron chi connectivity index (χ4n) is 1.87. The van der Waals surface area contributed by atoms with Crippen molar-refractivity contribution < 1.29 is 0 Å². The van der Waals surface area contributed by atoms with E-state index in [2.05, 4.69) is 52.1 Å². The van der Waals surface area contributed by atoms with Crippen LogP contribution in [0.4, 0.5) is 0 Å². The van der Waals surface area contributed by atoms with E-state index in [0.29, 0.717) is 0 Å². The van der Waals surface area contributed by atoms with Crippen LogP contribution in [0.2, 0.25) is 0 Å². The molecule has 0 saturated carbocycles. The second-order valence-corrected chi connectivity index (χ2v) is 5.29. The van der Waals surface area contributed by atoms with Gasteiger partial charge in [0.25, 0.3) is 0 Å². The Labute approximate surface area is 116 Å². The maximum atomic E-state index is 6.20. The van der Waals surface area contributed by atoms with Crippen molar-refractivity contribution in [3.8, 4) is 0 Å². The Morgan fingerprint density at radius 1 is 1.17 bits per heavy atom. The SMILES string of the molecule is CCc1ccc(C(N)Cc2ccc(Br)cn2)cc1. The Hall–Kier alpha value is -1.19. The Balaban J connectivity index is 2.06. The van der Waals surface area contributed by atoms with E-state index in [-0.39, 0.29) is 6.04 Å². The van der Waals surface area contributed by atoms with Gasteiger partial charge in [0.15, 0.2) is 0 Å². The maximum Gasteiger partial charge on any atom is 0.0423 e. The molecule has 1 atom stereocenters. The molecule has 1 heterocycles. The highest BCUT2D eigenvalue weighted by Gasteiger charge is 2.07. The minimum Gasteiger partial charge on any atom is -0.324 e. The molecule has 18 heavy (non-hydrogen) atoms. The van der Waals surface area contributed by atoms with Crippen molar-refractivity contribution in [3.05, 3.63) is 63.9 Å². The van der Waals surface area contributed by atoms with E-state index in [9.17, 15) is 0 Å². The molecule has 2 N–H and O–H groups in total. The third-order valence-corrected chi connectivity index (χ3v) is 3.50. The normalized spacial score (nSPS) is 12.4. The highest BCUT2D eigenvalue weighted by atomic mass is 79.9. The van der Waals surface area contributed by atoms with Crippen LogP contribution in [0, 0.1) is 0 Å². The molecule has 2 nitrogen and oxygen atoms in total. The summed E-state index contributed by atoms with van der Waals surface area (Å²) in [4.78, 5) is 4.35. The summed E-state index contributed by atoms with van der Waals surface area (Å²) in [7, 11) is 0. The lowest BCUT2D eigenvalue weighted by Crippen LogP contribution is -2.14. The molecule has 0 aliphatic carbocycles. The number of benzene rings is 1. The van der Waals surface area contributed by atoms with Crippen molar-refractivity contribution in [2.75, 3.05) is 0 Å². The summed E-state index contributed by atoms with van der Waals surface area (Å²) < 4.78 is 0.993. The molecule has 0 amide bonds. The average molecular weight is 305 g/mol. The maximum absolute atomic E-state index is 6.20. The smallest absolute Gasteiger partial charge is 0.0423 e. The van der Waals surface area contributed by atoms with Gasteiger partial charge in [0.2, 0.25) is 0 Å². The largest absolute Gasteiger partial charge is 0.324 e. The summed E-state index contributed by atoms with van der Waals surface area (Å²) in [5, 5.41) is 0. The van der Waals surface area contributed by atoms with Gasteiger partial charge in [0.1, 0.15) is 0 Å². The molecule has 0 radical (unpaired) electrons. The lowest BCUT2D eigenvalue weighted by Gasteiger charge is -2.12. The lowest BCUT2D eigenvalue weighted by atomic mass is 10.0. The first-order chi connectivity index (χ1) is 8.69. The molecule has 3 heteroatoms. The van der Waals surface area contributed by atoms with Crippen molar-refractivity contribution in [1.29, 1.82) is 0 Å². The molecule has 0 aliphatic heterocycles. The number of aromatic nitrogens is 1. The summed E-state index contributed by atoms with van der Waals surface area (Å²) in [5.74, 6) is 0. The van der Waals surface area contributed by atoms with Gasteiger partial charge in [-0.25, -0.2) is 0 Å². The van der Waals surface area contributed by atoms with Crippen molar-refractivity contribution in [2.45, 2.75) is 25.8 Å². The van der Waals surface area contributed by atoms with Crippen LogP contribution in [0.5, 0.6) is 0 Å².